The van der Waals surface area contributed by atoms with E-state index in [4.69, 9.17) is 9.15 Å². The highest BCUT2D eigenvalue weighted by atomic mass is 16.5. The Morgan fingerprint density at radius 2 is 2.23 bits per heavy atom. The van der Waals surface area contributed by atoms with Gasteiger partial charge in [-0.3, -0.25) is 9.59 Å². The lowest BCUT2D eigenvalue weighted by atomic mass is 10.2. The molecule has 0 spiro atoms. The van der Waals surface area contributed by atoms with Crippen LogP contribution < -0.4 is 5.32 Å². The van der Waals surface area contributed by atoms with Crippen LogP contribution >= 0.6 is 0 Å². The standard InChI is InChI=1S/C22H32N4O4/c1-4-16(3)23-22(28)19-15-30-20(24-19)14-25-10-6-8-17(25)12-26(21(27)5-2)13-18-9-7-11-29-18/h6,8,10,15-16,18H,4-5,7,9,11-14H2,1-3H3,(H,23,28). The Morgan fingerprint density at radius 1 is 1.40 bits per heavy atom. The molecule has 1 saturated heterocycles. The molecule has 2 aromatic rings. The van der Waals surface area contributed by atoms with Gasteiger partial charge >= 0.3 is 0 Å². The summed E-state index contributed by atoms with van der Waals surface area (Å²) in [6, 6.07) is 4.01. The summed E-state index contributed by atoms with van der Waals surface area (Å²) in [5.74, 6) is 0.330. The lowest BCUT2D eigenvalue weighted by molar-refractivity contribution is -0.133. The summed E-state index contributed by atoms with van der Waals surface area (Å²) in [7, 11) is 0. The van der Waals surface area contributed by atoms with E-state index in [1.807, 2.05) is 48.6 Å². The maximum absolute atomic E-state index is 12.5. The average molecular weight is 417 g/mol. The molecule has 164 valence electrons. The first-order valence-electron chi connectivity index (χ1n) is 10.8. The molecule has 1 aliphatic rings. The van der Waals surface area contributed by atoms with Gasteiger partial charge in [-0.1, -0.05) is 13.8 Å². The molecule has 3 rings (SSSR count). The summed E-state index contributed by atoms with van der Waals surface area (Å²) in [5, 5.41) is 2.88. The van der Waals surface area contributed by atoms with Gasteiger partial charge < -0.3 is 23.9 Å². The van der Waals surface area contributed by atoms with Gasteiger partial charge in [0, 0.05) is 37.5 Å². The van der Waals surface area contributed by atoms with Crippen LogP contribution in [0.5, 0.6) is 0 Å². The second-order valence-electron chi connectivity index (χ2n) is 7.80. The van der Waals surface area contributed by atoms with Crippen molar-refractivity contribution in [1.82, 2.24) is 19.8 Å². The van der Waals surface area contributed by atoms with Gasteiger partial charge in [-0.15, -0.1) is 0 Å². The van der Waals surface area contributed by atoms with Crippen molar-refractivity contribution >= 4 is 11.8 Å². The molecular formula is C22H32N4O4. The number of carbonyl (C=O) groups excluding carboxylic acids is 2. The van der Waals surface area contributed by atoms with Crippen molar-refractivity contribution in [2.24, 2.45) is 0 Å². The number of hydrogen-bond donors (Lipinski definition) is 1. The van der Waals surface area contributed by atoms with Crippen LogP contribution in [0.4, 0.5) is 0 Å². The summed E-state index contributed by atoms with van der Waals surface area (Å²) in [6.45, 7) is 8.11. The minimum absolute atomic E-state index is 0.0830. The predicted octanol–water partition coefficient (Wildman–Crippen LogP) is 2.97. The molecule has 2 aromatic heterocycles. The molecule has 8 heteroatoms. The normalized spacial score (nSPS) is 17.1. The van der Waals surface area contributed by atoms with Crippen molar-refractivity contribution in [3.8, 4) is 0 Å². The summed E-state index contributed by atoms with van der Waals surface area (Å²) in [4.78, 5) is 30.9. The number of carbonyl (C=O) groups is 2. The zero-order valence-electron chi connectivity index (χ0n) is 18.1. The minimum Gasteiger partial charge on any atom is -0.446 e. The number of aromatic nitrogens is 2. The van der Waals surface area contributed by atoms with Crippen molar-refractivity contribution in [3.05, 3.63) is 41.9 Å². The van der Waals surface area contributed by atoms with Crippen LogP contribution in [0.15, 0.2) is 29.0 Å². The van der Waals surface area contributed by atoms with Crippen molar-refractivity contribution in [1.29, 1.82) is 0 Å². The maximum Gasteiger partial charge on any atom is 0.273 e. The van der Waals surface area contributed by atoms with E-state index in [2.05, 4.69) is 10.3 Å². The Kier molecular flexibility index (Phi) is 7.68. The van der Waals surface area contributed by atoms with Crippen LogP contribution in [0.25, 0.3) is 0 Å². The Balaban J connectivity index is 1.65. The summed E-state index contributed by atoms with van der Waals surface area (Å²) in [5.41, 5.74) is 1.26. The molecule has 0 radical (unpaired) electrons. The van der Waals surface area contributed by atoms with Crippen molar-refractivity contribution in [2.75, 3.05) is 13.2 Å². The molecule has 0 saturated carbocycles. The van der Waals surface area contributed by atoms with E-state index in [1.165, 1.54) is 6.26 Å². The number of ether oxygens (including phenoxy) is 1. The number of nitrogens with one attached hydrogen (secondary N) is 1. The molecule has 30 heavy (non-hydrogen) atoms. The van der Waals surface area contributed by atoms with Crippen LogP contribution in [0, 0.1) is 0 Å². The predicted molar refractivity (Wildman–Crippen MR) is 112 cm³/mol. The first-order valence-corrected chi connectivity index (χ1v) is 10.8. The highest BCUT2D eigenvalue weighted by Gasteiger charge is 2.23. The fourth-order valence-electron chi connectivity index (χ4n) is 3.49. The van der Waals surface area contributed by atoms with Crippen molar-refractivity contribution < 1.29 is 18.7 Å². The number of oxazole rings is 1. The molecule has 2 amide bonds. The second kappa shape index (κ2) is 10.4. The fourth-order valence-corrected chi connectivity index (χ4v) is 3.49. The molecule has 0 bridgehead atoms. The molecule has 1 aliphatic heterocycles. The molecule has 1 fully saturated rings. The van der Waals surface area contributed by atoms with Gasteiger partial charge in [-0.25, -0.2) is 4.98 Å². The van der Waals surface area contributed by atoms with Crippen LogP contribution in [0.3, 0.4) is 0 Å². The highest BCUT2D eigenvalue weighted by molar-refractivity contribution is 5.92. The Bertz CT molecular complexity index is 838. The van der Waals surface area contributed by atoms with E-state index in [-0.39, 0.29) is 29.7 Å². The number of amides is 2. The Morgan fingerprint density at radius 3 is 2.93 bits per heavy atom. The summed E-state index contributed by atoms with van der Waals surface area (Å²) >= 11 is 0. The number of nitrogens with zero attached hydrogens (tertiary/aromatic N) is 3. The topological polar surface area (TPSA) is 89.6 Å². The minimum atomic E-state index is -0.233. The van der Waals surface area contributed by atoms with E-state index in [0.29, 0.717) is 31.9 Å². The molecule has 2 atom stereocenters. The SMILES string of the molecule is CCC(=O)N(Cc1cccn1Cc1nc(C(=O)NC(C)CC)co1)CC1CCCO1. The van der Waals surface area contributed by atoms with Gasteiger partial charge in [0.05, 0.1) is 19.2 Å². The Hall–Kier alpha value is -2.61. The third-order valence-electron chi connectivity index (χ3n) is 5.46. The van der Waals surface area contributed by atoms with Crippen molar-refractivity contribution in [3.63, 3.8) is 0 Å². The van der Waals surface area contributed by atoms with Crippen LogP contribution in [-0.2, 0) is 22.6 Å². The van der Waals surface area contributed by atoms with Gasteiger partial charge in [0.15, 0.2) is 5.69 Å². The highest BCUT2D eigenvalue weighted by Crippen LogP contribution is 2.17. The first kappa shape index (κ1) is 22.1. The van der Waals surface area contributed by atoms with Gasteiger partial charge in [-0.05, 0) is 38.3 Å². The number of hydrogen-bond acceptors (Lipinski definition) is 5. The average Bonchev–Trinajstić information content (AvgIpc) is 3.50. The Labute approximate surface area is 177 Å². The van der Waals surface area contributed by atoms with Crippen LogP contribution in [0.2, 0.25) is 0 Å². The first-order chi connectivity index (χ1) is 14.5. The zero-order chi connectivity index (χ0) is 21.5. The molecular weight excluding hydrogens is 384 g/mol. The maximum atomic E-state index is 12.5. The summed E-state index contributed by atoms with van der Waals surface area (Å²) < 4.78 is 13.2. The van der Waals surface area contributed by atoms with E-state index in [1.54, 1.807) is 0 Å². The molecule has 1 N–H and O–H groups in total. The van der Waals surface area contributed by atoms with Gasteiger partial charge in [0.25, 0.3) is 5.91 Å². The van der Waals surface area contributed by atoms with Gasteiger partial charge in [0.1, 0.15) is 6.26 Å². The van der Waals surface area contributed by atoms with Gasteiger partial charge in [-0.2, -0.15) is 0 Å². The molecule has 0 aliphatic carbocycles. The molecule has 0 aromatic carbocycles. The smallest absolute Gasteiger partial charge is 0.273 e. The largest absolute Gasteiger partial charge is 0.446 e. The lowest BCUT2D eigenvalue weighted by Crippen LogP contribution is -2.37. The molecule has 2 unspecified atom stereocenters. The second-order valence-corrected chi connectivity index (χ2v) is 7.80. The zero-order valence-corrected chi connectivity index (χ0v) is 18.1. The monoisotopic (exact) mass is 416 g/mol. The lowest BCUT2D eigenvalue weighted by Gasteiger charge is -2.25. The third kappa shape index (κ3) is 5.72. The van der Waals surface area contributed by atoms with Crippen LogP contribution in [-0.4, -0.2) is 51.6 Å². The van der Waals surface area contributed by atoms with Gasteiger partial charge in [0.2, 0.25) is 11.8 Å². The van der Waals surface area contributed by atoms with E-state index in [9.17, 15) is 9.59 Å². The van der Waals surface area contributed by atoms with Crippen molar-refractivity contribution in [2.45, 2.75) is 71.7 Å². The molecule has 3 heterocycles. The van der Waals surface area contributed by atoms with E-state index >= 15 is 0 Å². The third-order valence-corrected chi connectivity index (χ3v) is 5.46. The number of rotatable bonds is 10. The fraction of sp³-hybridized carbons (Fsp3) is 0.591. The molecule has 8 nitrogen and oxygen atoms in total. The summed E-state index contributed by atoms with van der Waals surface area (Å²) in [6.07, 6.45) is 6.78. The van der Waals surface area contributed by atoms with Crippen LogP contribution in [0.1, 0.15) is 68.5 Å². The quantitative estimate of drug-likeness (QED) is 0.643. The van der Waals surface area contributed by atoms with E-state index < -0.39 is 0 Å². The van der Waals surface area contributed by atoms with E-state index in [0.717, 1.165) is 31.6 Å².